The second kappa shape index (κ2) is 5.53. The highest BCUT2D eigenvalue weighted by Crippen LogP contribution is 2.08. The van der Waals surface area contributed by atoms with E-state index in [-0.39, 0.29) is 17.7 Å². The van der Waals surface area contributed by atoms with Crippen molar-refractivity contribution in [3.8, 4) is 0 Å². The van der Waals surface area contributed by atoms with Crippen molar-refractivity contribution in [1.29, 1.82) is 0 Å². The number of rotatable bonds is 5. The average Bonchev–Trinajstić information content (AvgIpc) is 2.67. The van der Waals surface area contributed by atoms with Crippen LogP contribution in [0.3, 0.4) is 0 Å². The number of furan rings is 1. The Morgan fingerprint density at radius 2 is 2.40 bits per heavy atom. The van der Waals surface area contributed by atoms with E-state index < -0.39 is 0 Å². The van der Waals surface area contributed by atoms with Gasteiger partial charge in [0, 0.05) is 19.7 Å². The van der Waals surface area contributed by atoms with Crippen molar-refractivity contribution < 1.29 is 13.9 Å². The molecule has 1 aromatic heterocycles. The number of hydrogen-bond donors (Lipinski definition) is 2. The van der Waals surface area contributed by atoms with E-state index in [2.05, 4.69) is 5.32 Å². The van der Waals surface area contributed by atoms with Gasteiger partial charge in [-0.15, -0.1) is 0 Å². The van der Waals surface area contributed by atoms with E-state index in [0.717, 1.165) is 0 Å². The van der Waals surface area contributed by atoms with Gasteiger partial charge in [0.15, 0.2) is 5.76 Å². The second-order valence-corrected chi connectivity index (χ2v) is 3.31. The molecule has 1 aromatic rings. The van der Waals surface area contributed by atoms with Crippen LogP contribution in [-0.4, -0.2) is 25.6 Å². The van der Waals surface area contributed by atoms with Crippen molar-refractivity contribution in [1.82, 2.24) is 5.32 Å². The van der Waals surface area contributed by atoms with Crippen LogP contribution >= 0.6 is 0 Å². The van der Waals surface area contributed by atoms with Gasteiger partial charge in [0.05, 0.1) is 0 Å². The summed E-state index contributed by atoms with van der Waals surface area (Å²) >= 11 is 0. The summed E-state index contributed by atoms with van der Waals surface area (Å²) in [5.41, 5.74) is 5.39. The van der Waals surface area contributed by atoms with Gasteiger partial charge in [-0.25, -0.2) is 0 Å². The van der Waals surface area contributed by atoms with Gasteiger partial charge in [0.1, 0.15) is 12.4 Å². The van der Waals surface area contributed by atoms with Crippen molar-refractivity contribution in [2.45, 2.75) is 19.6 Å². The van der Waals surface area contributed by atoms with Gasteiger partial charge in [-0.1, -0.05) is 0 Å². The molecule has 15 heavy (non-hydrogen) atoms. The monoisotopic (exact) mass is 212 g/mol. The summed E-state index contributed by atoms with van der Waals surface area (Å²) in [5.74, 6) is 0.653. The van der Waals surface area contributed by atoms with Crippen molar-refractivity contribution in [3.63, 3.8) is 0 Å². The number of amides is 1. The SMILES string of the molecule is COCc1ccc(C(=O)N[C@@H](C)CN)o1. The molecule has 0 aliphatic heterocycles. The first-order valence-corrected chi connectivity index (χ1v) is 4.76. The Morgan fingerprint density at radius 1 is 1.67 bits per heavy atom. The molecule has 3 N–H and O–H groups in total. The smallest absolute Gasteiger partial charge is 0.287 e. The fourth-order valence-electron chi connectivity index (χ4n) is 1.07. The molecule has 0 aliphatic carbocycles. The average molecular weight is 212 g/mol. The Labute approximate surface area is 88.6 Å². The Bertz CT molecular complexity index is 322. The van der Waals surface area contributed by atoms with Gasteiger partial charge in [-0.3, -0.25) is 4.79 Å². The number of carbonyl (C=O) groups is 1. The molecule has 0 aliphatic rings. The van der Waals surface area contributed by atoms with Gasteiger partial charge in [-0.2, -0.15) is 0 Å². The molecule has 5 nitrogen and oxygen atoms in total. The van der Waals surface area contributed by atoms with Crippen LogP contribution in [0.4, 0.5) is 0 Å². The molecule has 1 amide bonds. The summed E-state index contributed by atoms with van der Waals surface area (Å²) < 4.78 is 10.1. The maximum Gasteiger partial charge on any atom is 0.287 e. The standard InChI is InChI=1S/C10H16N2O3/c1-7(5-11)12-10(13)9-4-3-8(15-9)6-14-2/h3-4,7H,5-6,11H2,1-2H3,(H,12,13)/t7-/m0/s1. The lowest BCUT2D eigenvalue weighted by molar-refractivity contribution is 0.0904. The topological polar surface area (TPSA) is 77.5 Å². The minimum absolute atomic E-state index is 0.0616. The van der Waals surface area contributed by atoms with Gasteiger partial charge >= 0.3 is 0 Å². The summed E-state index contributed by atoms with van der Waals surface area (Å²) in [5, 5.41) is 2.70. The van der Waals surface area contributed by atoms with E-state index in [0.29, 0.717) is 18.9 Å². The highest BCUT2D eigenvalue weighted by atomic mass is 16.5. The summed E-state index contributed by atoms with van der Waals surface area (Å²) in [6, 6.07) is 3.27. The highest BCUT2D eigenvalue weighted by molar-refractivity contribution is 5.91. The molecule has 1 atom stereocenters. The Kier molecular flexibility index (Phi) is 4.33. The van der Waals surface area contributed by atoms with Crippen LogP contribution in [0.1, 0.15) is 23.2 Å². The first-order chi connectivity index (χ1) is 7.17. The van der Waals surface area contributed by atoms with Crippen molar-refractivity contribution >= 4 is 5.91 Å². The third kappa shape index (κ3) is 3.38. The molecular weight excluding hydrogens is 196 g/mol. The fraction of sp³-hybridized carbons (Fsp3) is 0.500. The van der Waals surface area contributed by atoms with E-state index in [4.69, 9.17) is 14.9 Å². The summed E-state index contributed by atoms with van der Waals surface area (Å²) in [6.45, 7) is 2.59. The number of methoxy groups -OCH3 is 1. The second-order valence-electron chi connectivity index (χ2n) is 3.31. The van der Waals surface area contributed by atoms with E-state index in [9.17, 15) is 4.79 Å². The van der Waals surface area contributed by atoms with Crippen molar-refractivity contribution in [2.24, 2.45) is 5.73 Å². The number of carbonyl (C=O) groups excluding carboxylic acids is 1. The predicted molar refractivity (Wildman–Crippen MR) is 55.4 cm³/mol. The maximum atomic E-state index is 11.5. The number of nitrogens with two attached hydrogens (primary N) is 1. The summed E-state index contributed by atoms with van der Waals surface area (Å²) in [7, 11) is 1.57. The first kappa shape index (κ1) is 11.7. The van der Waals surface area contributed by atoms with E-state index in [1.165, 1.54) is 0 Å². The minimum Gasteiger partial charge on any atom is -0.453 e. The molecule has 0 bridgehead atoms. The normalized spacial score (nSPS) is 12.5. The molecule has 1 heterocycles. The number of ether oxygens (including phenoxy) is 1. The zero-order valence-corrected chi connectivity index (χ0v) is 8.95. The quantitative estimate of drug-likeness (QED) is 0.745. The third-order valence-corrected chi connectivity index (χ3v) is 1.90. The third-order valence-electron chi connectivity index (χ3n) is 1.90. The lowest BCUT2D eigenvalue weighted by Gasteiger charge is -2.09. The van der Waals surface area contributed by atoms with Gasteiger partial charge in [-0.05, 0) is 19.1 Å². The zero-order valence-electron chi connectivity index (χ0n) is 8.95. The molecule has 5 heteroatoms. The number of nitrogens with one attached hydrogen (secondary N) is 1. The molecule has 0 fully saturated rings. The molecule has 0 unspecified atom stereocenters. The lowest BCUT2D eigenvalue weighted by atomic mass is 10.3. The lowest BCUT2D eigenvalue weighted by Crippen LogP contribution is -2.37. The van der Waals surface area contributed by atoms with Crippen LogP contribution in [0, 0.1) is 0 Å². The summed E-state index contributed by atoms with van der Waals surface area (Å²) in [4.78, 5) is 11.5. The molecule has 84 valence electrons. The molecule has 0 saturated heterocycles. The Morgan fingerprint density at radius 3 is 3.00 bits per heavy atom. The minimum atomic E-state index is -0.254. The zero-order chi connectivity index (χ0) is 11.3. The fourth-order valence-corrected chi connectivity index (χ4v) is 1.07. The summed E-state index contributed by atoms with van der Waals surface area (Å²) in [6.07, 6.45) is 0. The Balaban J connectivity index is 2.58. The molecule has 0 spiro atoms. The van der Waals surface area contributed by atoms with Gasteiger partial charge in [0.2, 0.25) is 0 Å². The largest absolute Gasteiger partial charge is 0.453 e. The van der Waals surface area contributed by atoms with Crippen LogP contribution in [0.5, 0.6) is 0 Å². The molecule has 0 radical (unpaired) electrons. The molecular formula is C10H16N2O3. The van der Waals surface area contributed by atoms with Crippen LogP contribution in [0.25, 0.3) is 0 Å². The van der Waals surface area contributed by atoms with E-state index >= 15 is 0 Å². The van der Waals surface area contributed by atoms with E-state index in [1.54, 1.807) is 19.2 Å². The molecule has 1 rings (SSSR count). The van der Waals surface area contributed by atoms with Crippen molar-refractivity contribution in [3.05, 3.63) is 23.7 Å². The number of hydrogen-bond acceptors (Lipinski definition) is 4. The van der Waals surface area contributed by atoms with Gasteiger partial charge < -0.3 is 20.2 Å². The maximum absolute atomic E-state index is 11.5. The highest BCUT2D eigenvalue weighted by Gasteiger charge is 2.12. The van der Waals surface area contributed by atoms with Crippen LogP contribution in [0.15, 0.2) is 16.5 Å². The Hall–Kier alpha value is -1.33. The van der Waals surface area contributed by atoms with Crippen LogP contribution in [0.2, 0.25) is 0 Å². The molecule has 0 aromatic carbocycles. The van der Waals surface area contributed by atoms with Crippen molar-refractivity contribution in [2.75, 3.05) is 13.7 Å². The van der Waals surface area contributed by atoms with Crippen LogP contribution < -0.4 is 11.1 Å². The predicted octanol–water partition coefficient (Wildman–Crippen LogP) is 0.503. The molecule has 0 saturated carbocycles. The first-order valence-electron chi connectivity index (χ1n) is 4.76. The van der Waals surface area contributed by atoms with Gasteiger partial charge in [0.25, 0.3) is 5.91 Å². The van der Waals surface area contributed by atoms with Crippen LogP contribution in [-0.2, 0) is 11.3 Å². The van der Waals surface area contributed by atoms with E-state index in [1.807, 2.05) is 6.92 Å².